The van der Waals surface area contributed by atoms with Crippen molar-refractivity contribution in [2.24, 2.45) is 0 Å². The molecule has 0 aliphatic rings. The topological polar surface area (TPSA) is 23.1 Å². The first-order chi connectivity index (χ1) is 4.86. The third-order valence-electron chi connectivity index (χ3n) is 1.14. The molecular weight excluding hydrogens is 187 g/mol. The van der Waals surface area contributed by atoms with Crippen LogP contribution in [0.5, 0.6) is 0 Å². The molecule has 0 fully saturated rings. The van der Waals surface area contributed by atoms with Crippen LogP contribution < -0.4 is 29.6 Å². The molecule has 0 aromatic heterocycles. The van der Waals surface area contributed by atoms with Crippen LogP contribution in [0.2, 0.25) is 0 Å². The molecule has 0 N–H and O–H groups in total. The summed E-state index contributed by atoms with van der Waals surface area (Å²) < 4.78 is 10.3. The van der Waals surface area contributed by atoms with Crippen molar-refractivity contribution in [3.63, 3.8) is 0 Å². The maximum atomic E-state index is 10.3. The van der Waals surface area contributed by atoms with Gasteiger partial charge in [0.15, 0.2) is 0 Å². The molecule has 1 nitrogen and oxygen atoms in total. The fourth-order valence-electron chi connectivity index (χ4n) is 0.653. The Balaban J connectivity index is 0.000001000. The third-order valence-corrected chi connectivity index (χ3v) is 2.31. The number of benzene rings is 1. The number of hydrogen-bond donors (Lipinski definition) is 0. The first kappa shape index (κ1) is 11.9. The van der Waals surface area contributed by atoms with Crippen LogP contribution in [-0.4, -0.2) is 10.8 Å². The van der Waals surface area contributed by atoms with E-state index in [9.17, 15) is 4.55 Å². The van der Waals surface area contributed by atoms with E-state index in [1.54, 1.807) is 11.8 Å². The predicted molar refractivity (Wildman–Crippen MR) is 44.9 cm³/mol. The van der Waals surface area contributed by atoms with Gasteiger partial charge < -0.3 is 4.55 Å². The van der Waals surface area contributed by atoms with Crippen molar-refractivity contribution < 1.29 is 34.1 Å². The molecule has 1 aromatic rings. The molecule has 1 rings (SSSR count). The van der Waals surface area contributed by atoms with Gasteiger partial charge in [-0.15, -0.1) is 11.8 Å². The summed E-state index contributed by atoms with van der Waals surface area (Å²) in [7, 11) is 0. The van der Waals surface area contributed by atoms with Gasteiger partial charge in [-0.3, -0.25) is 0 Å². The SMILES string of the molecule is CSc1cccc(S[O-])c1.[Na+]. The van der Waals surface area contributed by atoms with Crippen LogP contribution in [-0.2, 0) is 0 Å². The smallest absolute Gasteiger partial charge is 0.795 e. The van der Waals surface area contributed by atoms with Crippen molar-refractivity contribution in [2.45, 2.75) is 9.79 Å². The third kappa shape index (κ3) is 3.87. The summed E-state index contributed by atoms with van der Waals surface area (Å²) in [5.41, 5.74) is 0. The largest absolute Gasteiger partial charge is 1.00 e. The van der Waals surface area contributed by atoms with Gasteiger partial charge in [0.05, 0.1) is 0 Å². The zero-order chi connectivity index (χ0) is 7.40. The van der Waals surface area contributed by atoms with Gasteiger partial charge in [0.1, 0.15) is 0 Å². The Bertz CT molecular complexity index is 198. The van der Waals surface area contributed by atoms with Crippen LogP contribution in [0.4, 0.5) is 0 Å². The molecular formula is C7H7NaOS2. The maximum absolute atomic E-state index is 10.3. The maximum Gasteiger partial charge on any atom is 1.00 e. The van der Waals surface area contributed by atoms with E-state index < -0.39 is 0 Å². The van der Waals surface area contributed by atoms with Crippen molar-refractivity contribution in [2.75, 3.05) is 6.26 Å². The average molecular weight is 194 g/mol. The van der Waals surface area contributed by atoms with Crippen LogP contribution in [0.1, 0.15) is 0 Å². The van der Waals surface area contributed by atoms with Gasteiger partial charge in [-0.25, -0.2) is 12.0 Å². The average Bonchev–Trinajstić information content (AvgIpc) is 2.05. The Hall–Kier alpha value is 0.880. The van der Waals surface area contributed by atoms with Crippen LogP contribution >= 0.6 is 23.8 Å². The summed E-state index contributed by atoms with van der Waals surface area (Å²) in [6, 6.07) is 7.59. The van der Waals surface area contributed by atoms with Gasteiger partial charge in [0, 0.05) is 4.90 Å². The van der Waals surface area contributed by atoms with Gasteiger partial charge in [0.2, 0.25) is 0 Å². The minimum Gasteiger partial charge on any atom is -0.795 e. The summed E-state index contributed by atoms with van der Waals surface area (Å²) in [5.74, 6) is 0. The molecule has 0 atom stereocenters. The predicted octanol–water partition coefficient (Wildman–Crippen LogP) is -0.365. The van der Waals surface area contributed by atoms with Crippen LogP contribution in [0.25, 0.3) is 0 Å². The Morgan fingerprint density at radius 2 is 1.91 bits per heavy atom. The summed E-state index contributed by atoms with van der Waals surface area (Å²) in [6.45, 7) is 0. The Morgan fingerprint density at radius 3 is 2.45 bits per heavy atom. The van der Waals surface area contributed by atoms with E-state index in [1.807, 2.05) is 30.5 Å². The summed E-state index contributed by atoms with van der Waals surface area (Å²) in [6.07, 6.45) is 1.99. The number of thioether (sulfide) groups is 1. The van der Waals surface area contributed by atoms with Crippen LogP contribution in [0.15, 0.2) is 34.1 Å². The summed E-state index contributed by atoms with van der Waals surface area (Å²) in [4.78, 5) is 1.92. The van der Waals surface area contributed by atoms with Crippen molar-refractivity contribution in [1.29, 1.82) is 0 Å². The van der Waals surface area contributed by atoms with Crippen molar-refractivity contribution >= 4 is 23.8 Å². The van der Waals surface area contributed by atoms with Crippen molar-refractivity contribution in [1.82, 2.24) is 0 Å². The van der Waals surface area contributed by atoms with Gasteiger partial charge in [-0.2, -0.15) is 0 Å². The van der Waals surface area contributed by atoms with Crippen molar-refractivity contribution in [3.05, 3.63) is 24.3 Å². The minimum absolute atomic E-state index is 0. The normalized spacial score (nSPS) is 8.91. The summed E-state index contributed by atoms with van der Waals surface area (Å²) >= 11 is 2.18. The Labute approximate surface area is 97.5 Å². The Kier molecular flexibility index (Phi) is 6.91. The second-order valence-corrected chi connectivity index (χ2v) is 3.28. The first-order valence-corrected chi connectivity index (χ1v) is 4.77. The van der Waals surface area contributed by atoms with Gasteiger partial charge in [0.25, 0.3) is 0 Å². The van der Waals surface area contributed by atoms with E-state index in [-0.39, 0.29) is 29.6 Å². The molecule has 1 aromatic carbocycles. The van der Waals surface area contributed by atoms with E-state index in [4.69, 9.17) is 0 Å². The first-order valence-electron chi connectivity index (χ1n) is 2.80. The molecule has 0 bridgehead atoms. The van der Waals surface area contributed by atoms with E-state index in [0.29, 0.717) is 12.0 Å². The van der Waals surface area contributed by atoms with Crippen molar-refractivity contribution in [3.8, 4) is 0 Å². The number of hydrogen-bond acceptors (Lipinski definition) is 3. The molecule has 0 saturated carbocycles. The molecule has 4 heteroatoms. The Morgan fingerprint density at radius 1 is 1.27 bits per heavy atom. The van der Waals surface area contributed by atoms with Gasteiger partial charge >= 0.3 is 29.6 Å². The zero-order valence-corrected chi connectivity index (χ0v) is 10.2. The number of rotatable bonds is 2. The molecule has 0 heterocycles. The zero-order valence-electron chi connectivity index (χ0n) is 6.53. The standard InChI is InChI=1S/C7H8OS2.Na/c1-9-6-3-2-4-7(5-6)10-8;/h2-5,8H,1H3;/q;+1/p-1. The molecule has 54 valence electrons. The van der Waals surface area contributed by atoms with Gasteiger partial charge in [-0.05, 0) is 29.4 Å². The summed E-state index contributed by atoms with van der Waals surface area (Å²) in [5, 5.41) is 0. The quantitative estimate of drug-likeness (QED) is 0.365. The molecule has 0 spiro atoms. The van der Waals surface area contributed by atoms with E-state index in [2.05, 4.69) is 0 Å². The fraction of sp³-hybridized carbons (Fsp3) is 0.143. The van der Waals surface area contributed by atoms with E-state index >= 15 is 0 Å². The van der Waals surface area contributed by atoms with Gasteiger partial charge in [-0.1, -0.05) is 6.07 Å². The second kappa shape index (κ2) is 6.40. The molecule has 11 heavy (non-hydrogen) atoms. The molecule has 0 amide bonds. The van der Waals surface area contributed by atoms with E-state index in [1.165, 1.54) is 0 Å². The minimum atomic E-state index is 0. The molecule has 0 saturated heterocycles. The van der Waals surface area contributed by atoms with Crippen LogP contribution in [0, 0.1) is 0 Å². The molecule has 0 unspecified atom stereocenters. The second-order valence-electron chi connectivity index (χ2n) is 1.76. The molecule has 0 aliphatic heterocycles. The monoisotopic (exact) mass is 194 g/mol. The molecule has 0 aliphatic carbocycles. The fourth-order valence-corrected chi connectivity index (χ4v) is 1.50. The van der Waals surface area contributed by atoms with E-state index in [0.717, 1.165) is 9.79 Å². The van der Waals surface area contributed by atoms with Crippen LogP contribution in [0.3, 0.4) is 0 Å². The molecule has 0 radical (unpaired) electrons.